The van der Waals surface area contributed by atoms with Crippen LogP contribution in [0, 0.1) is 5.41 Å². The fourth-order valence-corrected chi connectivity index (χ4v) is 2.05. The molecule has 5 heteroatoms. The van der Waals surface area contributed by atoms with Gasteiger partial charge in [-0.05, 0) is 30.7 Å². The van der Waals surface area contributed by atoms with Crippen molar-refractivity contribution in [3.63, 3.8) is 0 Å². The van der Waals surface area contributed by atoms with Gasteiger partial charge in [-0.15, -0.1) is 0 Å². The first-order valence-electron chi connectivity index (χ1n) is 5.78. The van der Waals surface area contributed by atoms with E-state index in [1.807, 2.05) is 0 Å². The molecular weight excluding hydrogens is 222 g/mol. The van der Waals surface area contributed by atoms with E-state index >= 15 is 0 Å². The van der Waals surface area contributed by atoms with Crippen LogP contribution in [0.4, 0.5) is 0 Å². The first-order chi connectivity index (χ1) is 8.17. The van der Waals surface area contributed by atoms with Crippen molar-refractivity contribution in [3.8, 4) is 0 Å². The van der Waals surface area contributed by atoms with Crippen molar-refractivity contribution in [1.82, 2.24) is 5.32 Å². The van der Waals surface area contributed by atoms with Crippen LogP contribution in [0.5, 0.6) is 0 Å². The fraction of sp³-hybridized carbons (Fsp3) is 0.583. The lowest BCUT2D eigenvalue weighted by molar-refractivity contribution is 0.0660. The minimum absolute atomic E-state index is 0.00417. The van der Waals surface area contributed by atoms with Gasteiger partial charge in [0, 0.05) is 25.3 Å². The van der Waals surface area contributed by atoms with Crippen LogP contribution in [0.25, 0.3) is 0 Å². The number of carboxylic acid groups (broad SMARTS) is 1. The average molecular weight is 239 g/mol. The number of aliphatic hydroxyl groups excluding tert-OH is 1. The predicted octanol–water partition coefficient (Wildman–Crippen LogP) is 1.23. The van der Waals surface area contributed by atoms with Gasteiger partial charge in [-0.2, -0.15) is 0 Å². The van der Waals surface area contributed by atoms with E-state index in [4.69, 9.17) is 14.6 Å². The van der Waals surface area contributed by atoms with Gasteiger partial charge >= 0.3 is 5.97 Å². The van der Waals surface area contributed by atoms with Gasteiger partial charge in [-0.25, -0.2) is 4.79 Å². The van der Waals surface area contributed by atoms with Crippen molar-refractivity contribution in [2.75, 3.05) is 13.2 Å². The molecule has 0 radical (unpaired) electrons. The van der Waals surface area contributed by atoms with Crippen LogP contribution in [0.1, 0.15) is 35.4 Å². The van der Waals surface area contributed by atoms with Gasteiger partial charge in [-0.1, -0.05) is 0 Å². The zero-order valence-corrected chi connectivity index (χ0v) is 9.61. The highest BCUT2D eigenvalue weighted by molar-refractivity contribution is 5.86. The molecule has 3 N–H and O–H groups in total. The second kappa shape index (κ2) is 4.89. The second-order valence-electron chi connectivity index (χ2n) is 4.66. The number of aliphatic hydroxyl groups is 1. The van der Waals surface area contributed by atoms with Crippen LogP contribution in [-0.4, -0.2) is 29.3 Å². The fourth-order valence-electron chi connectivity index (χ4n) is 2.05. The number of carboxylic acids is 1. The molecule has 1 aliphatic rings. The Morgan fingerprint density at radius 1 is 1.53 bits per heavy atom. The molecule has 1 fully saturated rings. The highest BCUT2D eigenvalue weighted by Gasteiger charge is 2.41. The Bertz CT molecular complexity index is 395. The van der Waals surface area contributed by atoms with Gasteiger partial charge < -0.3 is 19.9 Å². The van der Waals surface area contributed by atoms with Crippen LogP contribution < -0.4 is 5.32 Å². The van der Waals surface area contributed by atoms with E-state index in [1.165, 1.54) is 6.26 Å². The molecule has 1 saturated carbocycles. The number of rotatable bonds is 7. The Balaban J connectivity index is 1.82. The van der Waals surface area contributed by atoms with Crippen molar-refractivity contribution in [1.29, 1.82) is 0 Å². The van der Waals surface area contributed by atoms with Crippen molar-refractivity contribution in [3.05, 3.63) is 23.7 Å². The Morgan fingerprint density at radius 2 is 2.29 bits per heavy atom. The van der Waals surface area contributed by atoms with Crippen LogP contribution in [0.3, 0.4) is 0 Å². The van der Waals surface area contributed by atoms with E-state index in [-0.39, 0.29) is 17.8 Å². The Kier molecular flexibility index (Phi) is 3.49. The topological polar surface area (TPSA) is 82.7 Å². The molecule has 17 heavy (non-hydrogen) atoms. The predicted molar refractivity (Wildman–Crippen MR) is 60.7 cm³/mol. The largest absolute Gasteiger partial charge is 0.475 e. The van der Waals surface area contributed by atoms with Gasteiger partial charge in [0.25, 0.3) is 0 Å². The van der Waals surface area contributed by atoms with Crippen molar-refractivity contribution in [2.24, 2.45) is 5.41 Å². The summed E-state index contributed by atoms with van der Waals surface area (Å²) in [5, 5.41) is 21.0. The van der Waals surface area contributed by atoms with Crippen LogP contribution >= 0.6 is 0 Å². The molecule has 1 aromatic heterocycles. The summed E-state index contributed by atoms with van der Waals surface area (Å²) in [6, 6.07) is 1.67. The smallest absolute Gasteiger partial charge is 0.372 e. The molecule has 0 unspecified atom stereocenters. The zero-order valence-electron chi connectivity index (χ0n) is 9.61. The number of hydrogen-bond acceptors (Lipinski definition) is 4. The first-order valence-corrected chi connectivity index (χ1v) is 5.78. The molecule has 1 heterocycles. The monoisotopic (exact) mass is 239 g/mol. The van der Waals surface area contributed by atoms with E-state index in [1.54, 1.807) is 6.07 Å². The highest BCUT2D eigenvalue weighted by Crippen LogP contribution is 2.47. The maximum Gasteiger partial charge on any atom is 0.372 e. The quantitative estimate of drug-likeness (QED) is 0.666. The Labute approximate surface area is 99.4 Å². The number of aromatic carboxylic acids is 1. The number of hydrogen-bond donors (Lipinski definition) is 3. The number of carbonyl (C=O) groups is 1. The summed E-state index contributed by atoms with van der Waals surface area (Å²) in [7, 11) is 0. The molecule has 94 valence electrons. The van der Waals surface area contributed by atoms with E-state index in [0.717, 1.165) is 25.8 Å². The summed E-state index contributed by atoms with van der Waals surface area (Å²) in [6.07, 6.45) is 4.48. The minimum atomic E-state index is -1.04. The van der Waals surface area contributed by atoms with Crippen molar-refractivity contribution < 1.29 is 19.4 Å². The Morgan fingerprint density at radius 3 is 2.88 bits per heavy atom. The summed E-state index contributed by atoms with van der Waals surface area (Å²) in [6.45, 7) is 1.52. The van der Waals surface area contributed by atoms with Crippen LogP contribution in [0.2, 0.25) is 0 Å². The lowest BCUT2D eigenvalue weighted by atomic mass is 10.0. The Hall–Kier alpha value is -1.33. The maximum absolute atomic E-state index is 10.8. The van der Waals surface area contributed by atoms with Crippen LogP contribution in [-0.2, 0) is 6.54 Å². The van der Waals surface area contributed by atoms with E-state index in [9.17, 15) is 4.79 Å². The van der Waals surface area contributed by atoms with Gasteiger partial charge in [-0.3, -0.25) is 0 Å². The lowest BCUT2D eigenvalue weighted by Crippen LogP contribution is -2.24. The molecule has 0 amide bonds. The summed E-state index contributed by atoms with van der Waals surface area (Å²) >= 11 is 0. The standard InChI is InChI=1S/C12H17NO4/c14-5-4-12(2-3-12)8-13-7-9-1-6-17-10(9)11(15)16/h1,6,13-14H,2-5,7-8H2,(H,15,16). The molecular formula is C12H17NO4. The molecule has 0 bridgehead atoms. The average Bonchev–Trinajstić information content (AvgIpc) is 2.88. The molecule has 0 aromatic carbocycles. The molecule has 0 atom stereocenters. The van der Waals surface area contributed by atoms with Crippen molar-refractivity contribution in [2.45, 2.75) is 25.8 Å². The van der Waals surface area contributed by atoms with Crippen molar-refractivity contribution >= 4 is 5.97 Å². The second-order valence-corrected chi connectivity index (χ2v) is 4.66. The summed E-state index contributed by atoms with van der Waals surface area (Å²) in [4.78, 5) is 10.8. The normalized spacial score (nSPS) is 17.0. The molecule has 1 aromatic rings. The van der Waals surface area contributed by atoms with E-state index in [0.29, 0.717) is 12.1 Å². The highest BCUT2D eigenvalue weighted by atomic mass is 16.4. The lowest BCUT2D eigenvalue weighted by Gasteiger charge is -2.14. The molecule has 0 aliphatic heterocycles. The number of nitrogens with one attached hydrogen (secondary N) is 1. The number of furan rings is 1. The third kappa shape index (κ3) is 2.87. The SMILES string of the molecule is O=C(O)c1occc1CNCC1(CCO)CC1. The van der Waals surface area contributed by atoms with Crippen LogP contribution in [0.15, 0.2) is 16.7 Å². The molecule has 1 aliphatic carbocycles. The third-order valence-corrected chi connectivity index (χ3v) is 3.36. The molecule has 2 rings (SSSR count). The summed E-state index contributed by atoms with van der Waals surface area (Å²) < 4.78 is 4.89. The molecule has 5 nitrogen and oxygen atoms in total. The van der Waals surface area contributed by atoms with Gasteiger partial charge in [0.1, 0.15) is 0 Å². The summed E-state index contributed by atoms with van der Waals surface area (Å²) in [5.41, 5.74) is 0.902. The van der Waals surface area contributed by atoms with Gasteiger partial charge in [0.05, 0.1) is 6.26 Å². The first kappa shape index (κ1) is 12.1. The third-order valence-electron chi connectivity index (χ3n) is 3.36. The van der Waals surface area contributed by atoms with Gasteiger partial charge in [0.2, 0.25) is 5.76 Å². The molecule has 0 spiro atoms. The molecule has 0 saturated heterocycles. The van der Waals surface area contributed by atoms with E-state index in [2.05, 4.69) is 5.32 Å². The van der Waals surface area contributed by atoms with E-state index < -0.39 is 5.97 Å². The zero-order chi connectivity index (χ0) is 12.3. The minimum Gasteiger partial charge on any atom is -0.475 e. The maximum atomic E-state index is 10.8. The van der Waals surface area contributed by atoms with Gasteiger partial charge in [0.15, 0.2) is 0 Å². The summed E-state index contributed by atoms with van der Waals surface area (Å²) in [5.74, 6) is -1.03.